The summed E-state index contributed by atoms with van der Waals surface area (Å²) in [7, 11) is 0. The first-order valence-electron chi connectivity index (χ1n) is 9.45. The standard InChI is InChI=1S/C20H23F3N6S/c1-14-9-15(2)29(27-14)8-4-7-24-19(30)26-18-11-25-28(13-18)12-16-5-3-6-17(10-16)20(21,22)23/h3,5-6,9-11,13H,4,7-8,12H2,1-2H3,(H2,24,26,30). The fraction of sp³-hybridized carbons (Fsp3) is 0.350. The lowest BCUT2D eigenvalue weighted by Gasteiger charge is -2.10. The number of hydrogen-bond acceptors (Lipinski definition) is 3. The molecule has 2 aromatic heterocycles. The molecule has 0 aliphatic carbocycles. The van der Waals surface area contributed by atoms with Gasteiger partial charge in [0.25, 0.3) is 0 Å². The van der Waals surface area contributed by atoms with E-state index in [1.54, 1.807) is 23.1 Å². The monoisotopic (exact) mass is 436 g/mol. The fourth-order valence-corrected chi connectivity index (χ4v) is 3.27. The van der Waals surface area contributed by atoms with Gasteiger partial charge < -0.3 is 10.6 Å². The molecule has 0 aliphatic rings. The van der Waals surface area contributed by atoms with Crippen LogP contribution in [0.3, 0.4) is 0 Å². The van der Waals surface area contributed by atoms with Gasteiger partial charge in [-0.2, -0.15) is 23.4 Å². The van der Waals surface area contributed by atoms with Crippen LogP contribution in [0, 0.1) is 13.8 Å². The van der Waals surface area contributed by atoms with Gasteiger partial charge in [-0.3, -0.25) is 9.36 Å². The van der Waals surface area contributed by atoms with E-state index in [0.29, 0.717) is 22.9 Å². The average Bonchev–Trinajstić information content (AvgIpc) is 3.23. The smallest absolute Gasteiger partial charge is 0.362 e. The Bertz CT molecular complexity index is 1010. The van der Waals surface area contributed by atoms with E-state index in [0.717, 1.165) is 36.5 Å². The number of anilines is 1. The van der Waals surface area contributed by atoms with E-state index in [1.165, 1.54) is 6.07 Å². The van der Waals surface area contributed by atoms with Crippen molar-refractivity contribution in [1.29, 1.82) is 0 Å². The summed E-state index contributed by atoms with van der Waals surface area (Å²) in [6.45, 7) is 5.70. The van der Waals surface area contributed by atoms with Crippen molar-refractivity contribution in [2.24, 2.45) is 0 Å². The zero-order chi connectivity index (χ0) is 21.7. The van der Waals surface area contributed by atoms with E-state index in [-0.39, 0.29) is 6.54 Å². The van der Waals surface area contributed by atoms with Crippen molar-refractivity contribution in [2.45, 2.75) is 39.5 Å². The molecule has 3 rings (SSSR count). The predicted octanol–water partition coefficient (Wildman–Crippen LogP) is 4.14. The molecule has 0 unspecified atom stereocenters. The molecule has 0 radical (unpaired) electrons. The van der Waals surface area contributed by atoms with Crippen molar-refractivity contribution in [1.82, 2.24) is 24.9 Å². The number of aromatic nitrogens is 4. The summed E-state index contributed by atoms with van der Waals surface area (Å²) in [4.78, 5) is 0. The Labute approximate surface area is 178 Å². The lowest BCUT2D eigenvalue weighted by atomic mass is 10.1. The molecule has 0 saturated heterocycles. The van der Waals surface area contributed by atoms with Crippen LogP contribution >= 0.6 is 12.2 Å². The molecule has 0 aliphatic heterocycles. The van der Waals surface area contributed by atoms with Crippen molar-refractivity contribution in [2.75, 3.05) is 11.9 Å². The Kier molecular flexibility index (Phi) is 6.76. The Morgan fingerprint density at radius 1 is 1.20 bits per heavy atom. The van der Waals surface area contributed by atoms with E-state index in [2.05, 4.69) is 20.8 Å². The normalized spacial score (nSPS) is 11.5. The molecular weight excluding hydrogens is 413 g/mol. The Morgan fingerprint density at radius 2 is 2.00 bits per heavy atom. The van der Waals surface area contributed by atoms with E-state index >= 15 is 0 Å². The number of hydrogen-bond donors (Lipinski definition) is 2. The van der Waals surface area contributed by atoms with Crippen LogP contribution in [-0.4, -0.2) is 31.2 Å². The van der Waals surface area contributed by atoms with Crippen LogP contribution in [0.2, 0.25) is 0 Å². The molecule has 0 amide bonds. The quantitative estimate of drug-likeness (QED) is 0.431. The minimum absolute atomic E-state index is 0.231. The number of halogens is 3. The summed E-state index contributed by atoms with van der Waals surface area (Å²) in [6.07, 6.45) is -0.222. The van der Waals surface area contributed by atoms with Crippen LogP contribution in [0.15, 0.2) is 42.7 Å². The average molecular weight is 437 g/mol. The maximum Gasteiger partial charge on any atom is 0.416 e. The molecule has 6 nitrogen and oxygen atoms in total. The number of thiocarbonyl (C=S) groups is 1. The summed E-state index contributed by atoms with van der Waals surface area (Å²) >= 11 is 5.29. The van der Waals surface area contributed by atoms with Gasteiger partial charge in [0.2, 0.25) is 0 Å². The minimum Gasteiger partial charge on any atom is -0.362 e. The van der Waals surface area contributed by atoms with Gasteiger partial charge in [-0.1, -0.05) is 12.1 Å². The van der Waals surface area contributed by atoms with Gasteiger partial charge in [-0.15, -0.1) is 0 Å². The van der Waals surface area contributed by atoms with Gasteiger partial charge in [0, 0.05) is 25.0 Å². The second kappa shape index (κ2) is 9.29. The van der Waals surface area contributed by atoms with Crippen molar-refractivity contribution < 1.29 is 13.2 Å². The molecular formula is C20H23F3N6S. The van der Waals surface area contributed by atoms with Gasteiger partial charge in [-0.25, -0.2) is 0 Å². The van der Waals surface area contributed by atoms with Crippen LogP contribution in [-0.2, 0) is 19.3 Å². The van der Waals surface area contributed by atoms with Crippen molar-refractivity contribution in [3.05, 3.63) is 65.2 Å². The molecule has 0 spiro atoms. The molecule has 0 fully saturated rings. The lowest BCUT2D eigenvalue weighted by Crippen LogP contribution is -2.29. The molecule has 160 valence electrons. The molecule has 2 N–H and O–H groups in total. The van der Waals surface area contributed by atoms with Crippen LogP contribution in [0.5, 0.6) is 0 Å². The Balaban J connectivity index is 1.46. The van der Waals surface area contributed by atoms with E-state index in [1.807, 2.05) is 24.6 Å². The molecule has 2 heterocycles. The summed E-state index contributed by atoms with van der Waals surface area (Å²) in [5.74, 6) is 0. The van der Waals surface area contributed by atoms with Gasteiger partial charge >= 0.3 is 6.18 Å². The van der Waals surface area contributed by atoms with Gasteiger partial charge in [0.05, 0.1) is 29.7 Å². The molecule has 30 heavy (non-hydrogen) atoms. The third-order valence-electron chi connectivity index (χ3n) is 4.43. The Morgan fingerprint density at radius 3 is 2.70 bits per heavy atom. The zero-order valence-corrected chi connectivity index (χ0v) is 17.5. The third-order valence-corrected chi connectivity index (χ3v) is 4.67. The fourth-order valence-electron chi connectivity index (χ4n) is 3.06. The molecule has 10 heteroatoms. The summed E-state index contributed by atoms with van der Waals surface area (Å²) in [5.41, 5.74) is 2.64. The van der Waals surface area contributed by atoms with Crippen LogP contribution in [0.25, 0.3) is 0 Å². The van der Waals surface area contributed by atoms with E-state index in [9.17, 15) is 13.2 Å². The van der Waals surface area contributed by atoms with Crippen molar-refractivity contribution in [3.63, 3.8) is 0 Å². The minimum atomic E-state index is -4.36. The summed E-state index contributed by atoms with van der Waals surface area (Å²) < 4.78 is 42.0. The second-order valence-corrected chi connectivity index (χ2v) is 7.42. The zero-order valence-electron chi connectivity index (χ0n) is 16.7. The molecule has 3 aromatic rings. The van der Waals surface area contributed by atoms with Crippen molar-refractivity contribution >= 4 is 23.0 Å². The van der Waals surface area contributed by atoms with E-state index < -0.39 is 11.7 Å². The SMILES string of the molecule is Cc1cc(C)n(CCCNC(=S)Nc2cnn(Cc3cccc(C(F)(F)F)c3)c2)n1. The topological polar surface area (TPSA) is 59.7 Å². The number of benzene rings is 1. The number of rotatable bonds is 7. The lowest BCUT2D eigenvalue weighted by molar-refractivity contribution is -0.137. The number of alkyl halides is 3. The first-order chi connectivity index (χ1) is 14.2. The molecule has 1 aromatic carbocycles. The van der Waals surface area contributed by atoms with Crippen LogP contribution < -0.4 is 10.6 Å². The second-order valence-electron chi connectivity index (χ2n) is 7.01. The molecule has 0 bridgehead atoms. The highest BCUT2D eigenvalue weighted by Gasteiger charge is 2.30. The number of aryl methyl sites for hydroxylation is 3. The van der Waals surface area contributed by atoms with Gasteiger partial charge in [0.15, 0.2) is 5.11 Å². The Hall–Kier alpha value is -2.88. The highest BCUT2D eigenvalue weighted by Crippen LogP contribution is 2.29. The number of nitrogens with zero attached hydrogens (tertiary/aromatic N) is 4. The molecule has 0 saturated carbocycles. The predicted molar refractivity (Wildman–Crippen MR) is 113 cm³/mol. The van der Waals surface area contributed by atoms with Gasteiger partial charge in [-0.05, 0) is 56.2 Å². The first kappa shape index (κ1) is 21.8. The number of nitrogens with one attached hydrogen (secondary N) is 2. The van der Waals surface area contributed by atoms with Crippen molar-refractivity contribution in [3.8, 4) is 0 Å². The molecule has 0 atom stereocenters. The third kappa shape index (κ3) is 6.06. The summed E-state index contributed by atoms with van der Waals surface area (Å²) in [6, 6.07) is 7.25. The highest BCUT2D eigenvalue weighted by molar-refractivity contribution is 7.80. The first-order valence-corrected chi connectivity index (χ1v) is 9.86. The summed E-state index contributed by atoms with van der Waals surface area (Å²) in [5, 5.41) is 15.2. The largest absolute Gasteiger partial charge is 0.416 e. The van der Waals surface area contributed by atoms with Crippen LogP contribution in [0.4, 0.5) is 18.9 Å². The van der Waals surface area contributed by atoms with Crippen LogP contribution in [0.1, 0.15) is 28.9 Å². The maximum absolute atomic E-state index is 12.8. The highest BCUT2D eigenvalue weighted by atomic mass is 32.1. The maximum atomic E-state index is 12.8. The van der Waals surface area contributed by atoms with Gasteiger partial charge in [0.1, 0.15) is 0 Å². The van der Waals surface area contributed by atoms with E-state index in [4.69, 9.17) is 12.2 Å².